The van der Waals surface area contributed by atoms with Crippen molar-refractivity contribution in [2.24, 2.45) is 0 Å². The predicted molar refractivity (Wildman–Crippen MR) is 109 cm³/mol. The number of aromatic nitrogens is 2. The number of H-pyrrole nitrogens is 1. The second-order valence-electron chi connectivity index (χ2n) is 7.71. The SMILES string of the molecule is N#Cc1c2c(c(NCCN3CCOCC3)[n+]3c1[nH]c1ccccc13)CCCC2. The summed E-state index contributed by atoms with van der Waals surface area (Å²) in [5.74, 6) is 1.16. The van der Waals surface area contributed by atoms with Crippen molar-refractivity contribution >= 4 is 22.5 Å². The molecule has 0 atom stereocenters. The van der Waals surface area contributed by atoms with Gasteiger partial charge in [0.2, 0.25) is 11.5 Å². The number of ether oxygens (including phenoxy) is 1. The summed E-state index contributed by atoms with van der Waals surface area (Å²) in [5, 5.41) is 13.7. The molecule has 0 radical (unpaired) electrons. The molecule has 1 aromatic carbocycles. The van der Waals surface area contributed by atoms with Gasteiger partial charge >= 0.3 is 0 Å². The largest absolute Gasteiger partial charge is 0.379 e. The minimum atomic E-state index is 0.810. The van der Waals surface area contributed by atoms with Gasteiger partial charge in [-0.1, -0.05) is 12.1 Å². The second-order valence-corrected chi connectivity index (χ2v) is 7.71. The van der Waals surface area contributed by atoms with E-state index in [0.717, 1.165) is 86.7 Å². The van der Waals surface area contributed by atoms with Crippen molar-refractivity contribution in [1.29, 1.82) is 5.26 Å². The zero-order valence-corrected chi connectivity index (χ0v) is 16.1. The number of nitriles is 1. The summed E-state index contributed by atoms with van der Waals surface area (Å²) in [6.45, 7) is 5.55. The maximum Gasteiger partial charge on any atom is 0.250 e. The van der Waals surface area contributed by atoms with Crippen LogP contribution >= 0.6 is 0 Å². The van der Waals surface area contributed by atoms with Crippen molar-refractivity contribution in [2.75, 3.05) is 44.7 Å². The topological polar surface area (TPSA) is 68.2 Å². The van der Waals surface area contributed by atoms with E-state index in [4.69, 9.17) is 4.74 Å². The van der Waals surface area contributed by atoms with Crippen LogP contribution in [0.25, 0.3) is 16.7 Å². The Bertz CT molecular complexity index is 1060. The summed E-state index contributed by atoms with van der Waals surface area (Å²) < 4.78 is 7.69. The molecular formula is C22H26N5O+. The monoisotopic (exact) mass is 376 g/mol. The van der Waals surface area contributed by atoms with Gasteiger partial charge in [-0.3, -0.25) is 9.88 Å². The third kappa shape index (κ3) is 2.92. The molecule has 0 saturated carbocycles. The second kappa shape index (κ2) is 7.42. The molecule has 0 amide bonds. The van der Waals surface area contributed by atoms with Crippen molar-refractivity contribution in [3.63, 3.8) is 0 Å². The average Bonchev–Trinajstić information content (AvgIpc) is 3.13. The molecule has 0 spiro atoms. The fourth-order valence-electron chi connectivity index (χ4n) is 4.67. The maximum atomic E-state index is 9.93. The molecule has 5 rings (SSSR count). The number of rotatable bonds is 4. The molecule has 1 aliphatic carbocycles. The summed E-state index contributed by atoms with van der Waals surface area (Å²) >= 11 is 0. The first-order valence-corrected chi connectivity index (χ1v) is 10.3. The van der Waals surface area contributed by atoms with Gasteiger partial charge in [0, 0.05) is 25.2 Å². The maximum absolute atomic E-state index is 9.93. The Hall–Kier alpha value is -2.62. The van der Waals surface area contributed by atoms with E-state index >= 15 is 0 Å². The Morgan fingerprint density at radius 2 is 1.93 bits per heavy atom. The molecule has 2 aliphatic rings. The van der Waals surface area contributed by atoms with Crippen LogP contribution in [-0.4, -0.2) is 49.3 Å². The fraction of sp³-hybridized carbons (Fsp3) is 0.455. The third-order valence-corrected chi connectivity index (χ3v) is 6.07. The zero-order valence-electron chi connectivity index (χ0n) is 16.1. The average molecular weight is 376 g/mol. The van der Waals surface area contributed by atoms with Crippen molar-refractivity contribution in [1.82, 2.24) is 9.88 Å². The van der Waals surface area contributed by atoms with Gasteiger partial charge in [0.05, 0.1) is 19.8 Å². The van der Waals surface area contributed by atoms with Gasteiger partial charge in [-0.05, 0) is 43.4 Å². The third-order valence-electron chi connectivity index (χ3n) is 6.07. The van der Waals surface area contributed by atoms with Crippen LogP contribution < -0.4 is 9.72 Å². The van der Waals surface area contributed by atoms with E-state index in [-0.39, 0.29) is 0 Å². The lowest BCUT2D eigenvalue weighted by molar-refractivity contribution is -0.465. The van der Waals surface area contributed by atoms with Crippen LogP contribution in [0.3, 0.4) is 0 Å². The van der Waals surface area contributed by atoms with Crippen molar-refractivity contribution in [2.45, 2.75) is 25.7 Å². The smallest absolute Gasteiger partial charge is 0.250 e. The van der Waals surface area contributed by atoms with Crippen LogP contribution in [0.15, 0.2) is 24.3 Å². The molecule has 3 heterocycles. The summed E-state index contributed by atoms with van der Waals surface area (Å²) in [7, 11) is 0. The molecule has 2 N–H and O–H groups in total. The number of morpholine rings is 1. The van der Waals surface area contributed by atoms with Gasteiger partial charge in [-0.15, -0.1) is 0 Å². The van der Waals surface area contributed by atoms with E-state index in [2.05, 4.69) is 43.9 Å². The van der Waals surface area contributed by atoms with Gasteiger partial charge in [0.25, 0.3) is 0 Å². The summed E-state index contributed by atoms with van der Waals surface area (Å²) in [5.41, 5.74) is 6.47. The van der Waals surface area contributed by atoms with Gasteiger partial charge in [0.1, 0.15) is 22.7 Å². The molecule has 1 saturated heterocycles. The quantitative estimate of drug-likeness (QED) is 0.686. The molecular weight excluding hydrogens is 350 g/mol. The predicted octanol–water partition coefficient (Wildman–Crippen LogP) is 2.40. The number of nitrogens with one attached hydrogen (secondary N) is 2. The number of nitrogens with zero attached hydrogens (tertiary/aromatic N) is 3. The van der Waals surface area contributed by atoms with Crippen molar-refractivity contribution < 1.29 is 9.14 Å². The van der Waals surface area contributed by atoms with Crippen LogP contribution in [0.5, 0.6) is 0 Å². The molecule has 6 nitrogen and oxygen atoms in total. The van der Waals surface area contributed by atoms with Crippen LogP contribution in [0, 0.1) is 11.3 Å². The van der Waals surface area contributed by atoms with Gasteiger partial charge in [-0.2, -0.15) is 9.66 Å². The highest BCUT2D eigenvalue weighted by atomic mass is 16.5. The van der Waals surface area contributed by atoms with Crippen molar-refractivity contribution in [3.05, 3.63) is 41.0 Å². The number of hydrogen-bond donors (Lipinski definition) is 2. The van der Waals surface area contributed by atoms with Crippen LogP contribution in [0.2, 0.25) is 0 Å². The van der Waals surface area contributed by atoms with E-state index < -0.39 is 0 Å². The normalized spacial score (nSPS) is 17.5. The highest BCUT2D eigenvalue weighted by Crippen LogP contribution is 2.31. The molecule has 6 heteroatoms. The van der Waals surface area contributed by atoms with Gasteiger partial charge in [0.15, 0.2) is 0 Å². The lowest BCUT2D eigenvalue weighted by Crippen LogP contribution is -2.40. The Balaban J connectivity index is 1.60. The molecule has 2 aromatic heterocycles. The number of pyridine rings is 1. The van der Waals surface area contributed by atoms with E-state index in [1.165, 1.54) is 17.5 Å². The number of anilines is 1. The molecule has 144 valence electrons. The minimum absolute atomic E-state index is 0.810. The molecule has 1 fully saturated rings. The first-order chi connectivity index (χ1) is 13.9. The van der Waals surface area contributed by atoms with Gasteiger partial charge < -0.3 is 10.1 Å². The van der Waals surface area contributed by atoms with Gasteiger partial charge in [-0.25, -0.2) is 0 Å². The summed E-state index contributed by atoms with van der Waals surface area (Å²) in [6, 6.07) is 10.8. The van der Waals surface area contributed by atoms with E-state index in [0.29, 0.717) is 0 Å². The number of imidazole rings is 1. The Morgan fingerprint density at radius 3 is 2.75 bits per heavy atom. The standard InChI is InChI=1S/C22H25N5O/c23-15-18-16-5-1-2-6-17(16)21(24-9-10-26-11-13-28-14-12-26)27-20-8-4-3-7-19(20)25-22(18)27/h3-4,7-8H,1-2,5-6,9-14H2,(H,24,25)/p+1. The molecule has 1 aliphatic heterocycles. The minimum Gasteiger partial charge on any atom is -0.379 e. The van der Waals surface area contributed by atoms with E-state index in [9.17, 15) is 5.26 Å². The first-order valence-electron chi connectivity index (χ1n) is 10.3. The Kier molecular flexibility index (Phi) is 4.63. The van der Waals surface area contributed by atoms with Crippen molar-refractivity contribution in [3.8, 4) is 6.07 Å². The molecule has 28 heavy (non-hydrogen) atoms. The molecule has 3 aromatic rings. The Morgan fingerprint density at radius 1 is 1.14 bits per heavy atom. The fourth-order valence-corrected chi connectivity index (χ4v) is 4.67. The summed E-state index contributed by atoms with van der Waals surface area (Å²) in [4.78, 5) is 5.95. The molecule has 0 bridgehead atoms. The highest BCUT2D eigenvalue weighted by Gasteiger charge is 2.28. The number of aromatic amines is 1. The lowest BCUT2D eigenvalue weighted by atomic mass is 9.89. The number of para-hydroxylation sites is 2. The van der Waals surface area contributed by atoms with Crippen LogP contribution in [0.1, 0.15) is 29.5 Å². The highest BCUT2D eigenvalue weighted by molar-refractivity contribution is 5.78. The molecule has 0 unspecified atom stereocenters. The van der Waals surface area contributed by atoms with Crippen LogP contribution in [0.4, 0.5) is 5.82 Å². The first kappa shape index (κ1) is 17.5. The Labute approximate surface area is 164 Å². The zero-order chi connectivity index (χ0) is 18.9. The van der Waals surface area contributed by atoms with E-state index in [1.807, 2.05) is 6.07 Å². The number of hydrogen-bond acceptors (Lipinski definition) is 4. The summed E-state index contributed by atoms with van der Waals surface area (Å²) in [6.07, 6.45) is 4.37. The number of fused-ring (bicyclic) bond motifs is 4. The number of benzene rings is 1. The van der Waals surface area contributed by atoms with Crippen LogP contribution in [-0.2, 0) is 17.6 Å². The lowest BCUT2D eigenvalue weighted by Gasteiger charge is -2.26. The van der Waals surface area contributed by atoms with E-state index in [1.54, 1.807) is 0 Å².